The lowest BCUT2D eigenvalue weighted by Gasteiger charge is -2.37. The van der Waals surface area contributed by atoms with Crippen molar-refractivity contribution in [3.63, 3.8) is 0 Å². The molecule has 7 heteroatoms. The summed E-state index contributed by atoms with van der Waals surface area (Å²) in [6.07, 6.45) is 6.63. The Morgan fingerprint density at radius 1 is 1.24 bits per heavy atom. The molecule has 2 aromatic heterocycles. The highest BCUT2D eigenvalue weighted by molar-refractivity contribution is 5.94. The average Bonchev–Trinajstić information content (AvgIpc) is 3.10. The van der Waals surface area contributed by atoms with E-state index in [1.165, 1.54) is 6.20 Å². The van der Waals surface area contributed by atoms with Gasteiger partial charge in [0.25, 0.3) is 5.91 Å². The number of carbonyl (C=O) groups is 1. The smallest absolute Gasteiger partial charge is 0.255 e. The number of fused-ring (bicyclic) bond motifs is 1. The van der Waals surface area contributed by atoms with Gasteiger partial charge in [-0.2, -0.15) is 10.2 Å². The van der Waals surface area contributed by atoms with Crippen LogP contribution in [-0.2, 0) is 4.74 Å². The van der Waals surface area contributed by atoms with Crippen LogP contribution in [0.25, 0.3) is 0 Å². The molecule has 2 fully saturated rings. The highest BCUT2D eigenvalue weighted by atomic mass is 16.5. The third-order valence-corrected chi connectivity index (χ3v) is 4.83. The van der Waals surface area contributed by atoms with Gasteiger partial charge in [0.15, 0.2) is 0 Å². The van der Waals surface area contributed by atoms with Crippen molar-refractivity contribution >= 4 is 5.91 Å². The van der Waals surface area contributed by atoms with Gasteiger partial charge in [-0.3, -0.25) is 4.79 Å². The first-order valence-corrected chi connectivity index (χ1v) is 8.54. The lowest BCUT2D eigenvalue weighted by molar-refractivity contribution is -0.0448. The minimum absolute atomic E-state index is 0.000468. The number of rotatable bonds is 4. The van der Waals surface area contributed by atoms with Crippen molar-refractivity contribution in [2.75, 3.05) is 19.8 Å². The molecule has 2 aromatic rings. The van der Waals surface area contributed by atoms with Crippen LogP contribution in [0.3, 0.4) is 0 Å². The van der Waals surface area contributed by atoms with Crippen molar-refractivity contribution in [1.29, 1.82) is 0 Å². The van der Waals surface area contributed by atoms with Gasteiger partial charge in [-0.05, 0) is 30.9 Å². The molecule has 0 N–H and O–H groups in total. The Morgan fingerprint density at radius 2 is 2.20 bits per heavy atom. The quantitative estimate of drug-likeness (QED) is 0.841. The average molecular weight is 340 g/mol. The maximum absolute atomic E-state index is 12.8. The third kappa shape index (κ3) is 3.46. The SMILES string of the molecule is O=C(c1ccnnc1)N1CCOC2CC(COc3ccccn3)CC21. The first kappa shape index (κ1) is 16.0. The Balaban J connectivity index is 1.41. The number of ether oxygens (including phenoxy) is 2. The normalized spacial score (nSPS) is 25.4. The summed E-state index contributed by atoms with van der Waals surface area (Å²) < 4.78 is 11.7. The molecular weight excluding hydrogens is 320 g/mol. The Kier molecular flexibility index (Phi) is 4.56. The van der Waals surface area contributed by atoms with E-state index >= 15 is 0 Å². The molecule has 0 radical (unpaired) electrons. The number of hydrogen-bond acceptors (Lipinski definition) is 6. The van der Waals surface area contributed by atoms with E-state index in [-0.39, 0.29) is 18.1 Å². The minimum Gasteiger partial charge on any atom is -0.477 e. The number of aromatic nitrogens is 3. The Hall–Kier alpha value is -2.54. The van der Waals surface area contributed by atoms with Crippen molar-refractivity contribution in [2.24, 2.45) is 5.92 Å². The number of carbonyl (C=O) groups excluding carboxylic acids is 1. The second kappa shape index (κ2) is 7.14. The molecule has 4 rings (SSSR count). The molecule has 7 nitrogen and oxygen atoms in total. The summed E-state index contributed by atoms with van der Waals surface area (Å²) >= 11 is 0. The number of nitrogens with zero attached hydrogens (tertiary/aromatic N) is 4. The van der Waals surface area contributed by atoms with Crippen LogP contribution in [0.5, 0.6) is 5.88 Å². The van der Waals surface area contributed by atoms with Crippen LogP contribution in [0.15, 0.2) is 42.9 Å². The molecule has 0 spiro atoms. The van der Waals surface area contributed by atoms with E-state index in [0.717, 1.165) is 12.8 Å². The predicted octanol–water partition coefficient (Wildman–Crippen LogP) is 1.57. The number of hydrogen-bond donors (Lipinski definition) is 0. The Bertz CT molecular complexity index is 713. The molecule has 0 bridgehead atoms. The topological polar surface area (TPSA) is 77.4 Å². The maximum atomic E-state index is 12.8. The van der Waals surface area contributed by atoms with E-state index in [9.17, 15) is 4.79 Å². The van der Waals surface area contributed by atoms with Crippen molar-refractivity contribution in [3.8, 4) is 5.88 Å². The zero-order valence-electron chi connectivity index (χ0n) is 13.8. The highest BCUT2D eigenvalue weighted by Crippen LogP contribution is 2.35. The van der Waals surface area contributed by atoms with E-state index in [2.05, 4.69) is 15.2 Å². The predicted molar refractivity (Wildman–Crippen MR) is 89.1 cm³/mol. The molecule has 1 amide bonds. The van der Waals surface area contributed by atoms with Gasteiger partial charge in [0, 0.05) is 18.8 Å². The molecule has 1 saturated carbocycles. The lowest BCUT2D eigenvalue weighted by atomic mass is 10.1. The summed E-state index contributed by atoms with van der Waals surface area (Å²) in [6, 6.07) is 7.42. The first-order valence-electron chi connectivity index (χ1n) is 8.54. The number of morpholine rings is 1. The van der Waals surface area contributed by atoms with Crippen LogP contribution in [0.2, 0.25) is 0 Å². The van der Waals surface area contributed by atoms with Crippen LogP contribution < -0.4 is 4.74 Å². The fraction of sp³-hybridized carbons (Fsp3) is 0.444. The van der Waals surface area contributed by atoms with E-state index in [1.54, 1.807) is 18.5 Å². The molecule has 1 saturated heterocycles. The molecular formula is C18H20N4O3. The number of amides is 1. The summed E-state index contributed by atoms with van der Waals surface area (Å²) in [5.41, 5.74) is 0.573. The molecule has 1 aliphatic heterocycles. The van der Waals surface area contributed by atoms with E-state index in [4.69, 9.17) is 9.47 Å². The van der Waals surface area contributed by atoms with E-state index in [0.29, 0.717) is 37.1 Å². The van der Waals surface area contributed by atoms with E-state index < -0.39 is 0 Å². The fourth-order valence-corrected chi connectivity index (χ4v) is 3.66. The van der Waals surface area contributed by atoms with Crippen LogP contribution in [-0.4, -0.2) is 57.9 Å². The molecule has 2 aliphatic rings. The summed E-state index contributed by atoms with van der Waals surface area (Å²) in [4.78, 5) is 18.9. The van der Waals surface area contributed by atoms with Crippen LogP contribution in [0.1, 0.15) is 23.2 Å². The molecule has 25 heavy (non-hydrogen) atoms. The van der Waals surface area contributed by atoms with Gasteiger partial charge in [-0.15, -0.1) is 0 Å². The van der Waals surface area contributed by atoms with Crippen LogP contribution >= 0.6 is 0 Å². The molecule has 3 atom stereocenters. The van der Waals surface area contributed by atoms with E-state index in [1.807, 2.05) is 23.1 Å². The Morgan fingerprint density at radius 3 is 3.00 bits per heavy atom. The largest absolute Gasteiger partial charge is 0.477 e. The van der Waals surface area contributed by atoms with Gasteiger partial charge in [0.1, 0.15) is 0 Å². The van der Waals surface area contributed by atoms with Gasteiger partial charge in [-0.1, -0.05) is 6.07 Å². The summed E-state index contributed by atoms with van der Waals surface area (Å²) in [6.45, 7) is 1.77. The maximum Gasteiger partial charge on any atom is 0.255 e. The fourth-order valence-electron chi connectivity index (χ4n) is 3.66. The number of pyridine rings is 1. The summed E-state index contributed by atoms with van der Waals surface area (Å²) in [5, 5.41) is 7.55. The molecule has 0 aromatic carbocycles. The molecule has 3 unspecified atom stereocenters. The highest BCUT2D eigenvalue weighted by Gasteiger charge is 2.43. The van der Waals surface area contributed by atoms with Gasteiger partial charge in [-0.25, -0.2) is 4.98 Å². The van der Waals surface area contributed by atoms with Crippen molar-refractivity contribution in [1.82, 2.24) is 20.1 Å². The molecule has 3 heterocycles. The van der Waals surface area contributed by atoms with Crippen LogP contribution in [0.4, 0.5) is 0 Å². The molecule has 1 aliphatic carbocycles. The van der Waals surface area contributed by atoms with Crippen molar-refractivity contribution in [2.45, 2.75) is 25.0 Å². The summed E-state index contributed by atoms with van der Waals surface area (Å²) in [5.74, 6) is 0.981. The standard InChI is InChI=1S/C18H20N4O3/c23-18(14-4-6-20-21-11-14)22-7-8-24-16-10-13(9-15(16)22)12-25-17-3-1-2-5-19-17/h1-6,11,13,15-16H,7-10,12H2. The van der Waals surface area contributed by atoms with Gasteiger partial charge >= 0.3 is 0 Å². The van der Waals surface area contributed by atoms with Gasteiger partial charge in [0.05, 0.1) is 43.3 Å². The zero-order valence-corrected chi connectivity index (χ0v) is 13.8. The minimum atomic E-state index is -0.000468. The van der Waals surface area contributed by atoms with Crippen molar-refractivity contribution in [3.05, 3.63) is 48.4 Å². The lowest BCUT2D eigenvalue weighted by Crippen LogP contribution is -2.51. The Labute approximate surface area is 146 Å². The zero-order chi connectivity index (χ0) is 17.1. The third-order valence-electron chi connectivity index (χ3n) is 4.83. The molecule has 130 valence electrons. The summed E-state index contributed by atoms with van der Waals surface area (Å²) in [7, 11) is 0. The van der Waals surface area contributed by atoms with Gasteiger partial charge in [0.2, 0.25) is 5.88 Å². The monoisotopic (exact) mass is 340 g/mol. The van der Waals surface area contributed by atoms with Crippen LogP contribution in [0, 0.1) is 5.92 Å². The second-order valence-electron chi connectivity index (χ2n) is 6.42. The van der Waals surface area contributed by atoms with Gasteiger partial charge < -0.3 is 14.4 Å². The second-order valence-corrected chi connectivity index (χ2v) is 6.42. The van der Waals surface area contributed by atoms with Crippen molar-refractivity contribution < 1.29 is 14.3 Å². The first-order chi connectivity index (χ1) is 12.3.